The molecule has 106 valence electrons. The minimum atomic E-state index is -0.940. The van der Waals surface area contributed by atoms with Crippen molar-refractivity contribution in [3.05, 3.63) is 17.5 Å². The number of carbonyl (C=O) groups is 1. The number of aryl methyl sites for hydroxylation is 1. The minimum Gasteiger partial charge on any atom is -0.476 e. The van der Waals surface area contributed by atoms with Gasteiger partial charge < -0.3 is 14.6 Å². The lowest BCUT2D eigenvalue weighted by Crippen LogP contribution is -2.42. The predicted octanol–water partition coefficient (Wildman–Crippen LogP) is 1.11. The maximum absolute atomic E-state index is 10.9. The summed E-state index contributed by atoms with van der Waals surface area (Å²) in [6.07, 6.45) is 3.87. The largest absolute Gasteiger partial charge is 0.476 e. The van der Waals surface area contributed by atoms with E-state index in [0.29, 0.717) is 13.2 Å². The van der Waals surface area contributed by atoms with Crippen molar-refractivity contribution < 1.29 is 24.1 Å². The topological polar surface area (TPSA) is 75.4 Å². The fourth-order valence-electron chi connectivity index (χ4n) is 2.21. The van der Waals surface area contributed by atoms with Crippen molar-refractivity contribution in [3.63, 3.8) is 0 Å². The molecule has 19 heavy (non-hydrogen) atoms. The third-order valence-electron chi connectivity index (χ3n) is 3.26. The molecule has 1 unspecified atom stereocenters. The van der Waals surface area contributed by atoms with Crippen molar-refractivity contribution in [1.82, 2.24) is 5.10 Å². The molecule has 2 heterocycles. The first kappa shape index (κ1) is 14.0. The zero-order valence-corrected chi connectivity index (χ0v) is 11.2. The molecule has 0 amide bonds. The highest BCUT2D eigenvalue weighted by atomic mass is 16.7. The Labute approximate surface area is 112 Å². The molecule has 0 aliphatic carbocycles. The highest BCUT2D eigenvalue weighted by molar-refractivity contribution is 5.85. The minimum absolute atomic E-state index is 0.103. The molecule has 6 nitrogen and oxygen atoms in total. The molecule has 2 N–H and O–H groups in total. The highest BCUT2D eigenvalue weighted by Gasteiger charge is 2.20. The number of carboxylic acid groups (broad SMARTS) is 1. The molecule has 6 heteroatoms. The van der Waals surface area contributed by atoms with Gasteiger partial charge in [0, 0.05) is 19.1 Å². The van der Waals surface area contributed by atoms with E-state index in [9.17, 15) is 4.79 Å². The van der Waals surface area contributed by atoms with Crippen LogP contribution in [0.25, 0.3) is 0 Å². The molecule has 0 radical (unpaired) electrons. The van der Waals surface area contributed by atoms with Gasteiger partial charge in [-0.25, -0.2) is 4.79 Å². The van der Waals surface area contributed by atoms with Crippen LogP contribution in [0.1, 0.15) is 42.4 Å². The summed E-state index contributed by atoms with van der Waals surface area (Å²) < 4.78 is 13.0. The number of H-pyrrole nitrogens is 1. The van der Waals surface area contributed by atoms with E-state index in [1.54, 1.807) is 6.07 Å². The van der Waals surface area contributed by atoms with Crippen molar-refractivity contribution in [1.29, 1.82) is 0 Å². The maximum atomic E-state index is 10.9. The van der Waals surface area contributed by atoms with Crippen LogP contribution < -0.4 is 4.68 Å². The van der Waals surface area contributed by atoms with Gasteiger partial charge >= 0.3 is 5.97 Å². The van der Waals surface area contributed by atoms with E-state index in [2.05, 4.69) is 5.10 Å². The fraction of sp³-hybridized carbons (Fsp3) is 0.692. The van der Waals surface area contributed by atoms with Gasteiger partial charge in [0.25, 0.3) is 0 Å². The number of hydrogen-bond acceptors (Lipinski definition) is 3. The van der Waals surface area contributed by atoms with E-state index in [-0.39, 0.29) is 12.0 Å². The van der Waals surface area contributed by atoms with Crippen LogP contribution in [-0.4, -0.2) is 35.7 Å². The van der Waals surface area contributed by atoms with E-state index in [0.717, 1.165) is 38.0 Å². The summed E-state index contributed by atoms with van der Waals surface area (Å²) in [6, 6.07) is 1.67. The predicted molar refractivity (Wildman–Crippen MR) is 66.9 cm³/mol. The quantitative estimate of drug-likeness (QED) is 0.758. The van der Waals surface area contributed by atoms with Crippen LogP contribution in [-0.2, 0) is 22.4 Å². The van der Waals surface area contributed by atoms with E-state index >= 15 is 0 Å². The molecule has 1 aliphatic heterocycles. The Morgan fingerprint density at radius 2 is 2.47 bits per heavy atom. The van der Waals surface area contributed by atoms with Gasteiger partial charge in [0.1, 0.15) is 6.61 Å². The molecule has 0 bridgehead atoms. The first-order valence-corrected chi connectivity index (χ1v) is 6.79. The van der Waals surface area contributed by atoms with Gasteiger partial charge in [-0.05, 0) is 19.3 Å². The molecular formula is C13H21N2O4+. The zero-order chi connectivity index (χ0) is 13.7. The summed E-state index contributed by atoms with van der Waals surface area (Å²) in [5.41, 5.74) is 1.18. The van der Waals surface area contributed by atoms with E-state index in [1.807, 2.05) is 11.6 Å². The van der Waals surface area contributed by atoms with Crippen LogP contribution in [0, 0.1) is 0 Å². The van der Waals surface area contributed by atoms with Gasteiger partial charge in [-0.15, -0.1) is 4.68 Å². The van der Waals surface area contributed by atoms with Crippen molar-refractivity contribution in [2.75, 3.05) is 13.2 Å². The summed E-state index contributed by atoms with van der Waals surface area (Å²) in [5.74, 6) is -0.940. The number of nitrogens with zero attached hydrogens (tertiary/aromatic N) is 1. The van der Waals surface area contributed by atoms with Crippen LogP contribution in [0.3, 0.4) is 0 Å². The van der Waals surface area contributed by atoms with Crippen LogP contribution in [0.2, 0.25) is 0 Å². The normalized spacial score (nSPS) is 19.5. The Hall–Kier alpha value is -1.40. The lowest BCUT2D eigenvalue weighted by Gasteiger charge is -2.21. The summed E-state index contributed by atoms with van der Waals surface area (Å²) in [7, 11) is 0. The lowest BCUT2D eigenvalue weighted by molar-refractivity contribution is -0.758. The monoisotopic (exact) mass is 269 g/mol. The molecular weight excluding hydrogens is 248 g/mol. The standard InChI is InChI=1S/C13H20N2O4/c1-2-10-9-11(13(16)17)14-15(10)6-8-19-12-5-3-4-7-18-12/h9,12H,2-8H2,1H3,(H,16,17)/p+1. The number of rotatable bonds is 6. The van der Waals surface area contributed by atoms with E-state index < -0.39 is 5.97 Å². The molecule has 0 saturated carbocycles. The van der Waals surface area contributed by atoms with Crippen LogP contribution in [0.5, 0.6) is 0 Å². The van der Waals surface area contributed by atoms with Gasteiger partial charge in [-0.1, -0.05) is 6.92 Å². The average molecular weight is 269 g/mol. The molecule has 1 aromatic rings. The smallest absolute Gasteiger partial charge is 0.358 e. The van der Waals surface area contributed by atoms with Crippen molar-refractivity contribution in [2.45, 2.75) is 45.4 Å². The van der Waals surface area contributed by atoms with Gasteiger partial charge in [-0.3, -0.25) is 0 Å². The number of aromatic carboxylic acids is 1. The van der Waals surface area contributed by atoms with Gasteiger partial charge in [-0.2, -0.15) is 5.10 Å². The molecule has 2 rings (SSSR count). The molecule has 1 saturated heterocycles. The number of aromatic nitrogens is 2. The third kappa shape index (κ3) is 3.78. The van der Waals surface area contributed by atoms with Crippen LogP contribution in [0.4, 0.5) is 0 Å². The number of nitrogens with one attached hydrogen (secondary N) is 1. The number of aromatic amines is 1. The molecule has 0 aromatic carbocycles. The zero-order valence-electron chi connectivity index (χ0n) is 11.2. The number of carboxylic acids is 1. The van der Waals surface area contributed by atoms with Crippen molar-refractivity contribution in [3.8, 4) is 0 Å². The maximum Gasteiger partial charge on any atom is 0.358 e. The first-order valence-electron chi connectivity index (χ1n) is 6.79. The second-order valence-corrected chi connectivity index (χ2v) is 4.64. The lowest BCUT2D eigenvalue weighted by atomic mass is 10.2. The molecule has 1 aliphatic rings. The molecule has 1 aromatic heterocycles. The average Bonchev–Trinajstić information content (AvgIpc) is 2.83. The fourth-order valence-corrected chi connectivity index (χ4v) is 2.21. The Morgan fingerprint density at radius 1 is 1.63 bits per heavy atom. The Balaban J connectivity index is 1.85. The highest BCUT2D eigenvalue weighted by Crippen LogP contribution is 2.13. The summed E-state index contributed by atoms with van der Waals surface area (Å²) >= 11 is 0. The second-order valence-electron chi connectivity index (χ2n) is 4.64. The summed E-state index contributed by atoms with van der Waals surface area (Å²) in [6.45, 7) is 3.89. The second kappa shape index (κ2) is 6.68. The van der Waals surface area contributed by atoms with Gasteiger partial charge in [0.15, 0.2) is 18.5 Å². The first-order chi connectivity index (χ1) is 9.20. The summed E-state index contributed by atoms with van der Waals surface area (Å²) in [4.78, 5) is 10.9. The summed E-state index contributed by atoms with van der Waals surface area (Å²) in [5, 5.41) is 11.8. The van der Waals surface area contributed by atoms with Crippen LogP contribution >= 0.6 is 0 Å². The Morgan fingerprint density at radius 3 is 3.11 bits per heavy atom. The Bertz CT molecular complexity index is 424. The van der Waals surface area contributed by atoms with Gasteiger partial charge in [0.05, 0.1) is 0 Å². The number of hydrogen-bond donors (Lipinski definition) is 2. The number of ether oxygens (including phenoxy) is 2. The van der Waals surface area contributed by atoms with Crippen molar-refractivity contribution in [2.24, 2.45) is 0 Å². The van der Waals surface area contributed by atoms with Crippen LogP contribution in [0.15, 0.2) is 6.07 Å². The Kier molecular flexibility index (Phi) is 4.93. The molecule has 0 spiro atoms. The van der Waals surface area contributed by atoms with E-state index in [4.69, 9.17) is 14.6 Å². The SMILES string of the molecule is CCc1cc(C(=O)O)[nH][n+]1CCOC1CCCCO1. The van der Waals surface area contributed by atoms with E-state index in [1.165, 1.54) is 0 Å². The van der Waals surface area contributed by atoms with Gasteiger partial charge in [0.2, 0.25) is 5.69 Å². The molecule has 1 fully saturated rings. The molecule has 1 atom stereocenters. The van der Waals surface area contributed by atoms with Crippen molar-refractivity contribution >= 4 is 5.97 Å². The third-order valence-corrected chi connectivity index (χ3v) is 3.26.